The van der Waals surface area contributed by atoms with Crippen LogP contribution < -0.4 is 10.1 Å². The van der Waals surface area contributed by atoms with Crippen molar-refractivity contribution in [1.82, 2.24) is 5.32 Å². The molecule has 6 heteroatoms. The number of benzene rings is 2. The van der Waals surface area contributed by atoms with Crippen molar-refractivity contribution in [1.29, 1.82) is 0 Å². The number of halogens is 2. The molecule has 1 N–H and O–H groups in total. The number of carbonyl (C=O) groups excluding carboxylic acids is 2. The second-order valence-electron chi connectivity index (χ2n) is 6.52. The average Bonchev–Trinajstić information content (AvgIpc) is 3.07. The Morgan fingerprint density at radius 2 is 1.92 bits per heavy atom. The van der Waals surface area contributed by atoms with Gasteiger partial charge in [0.2, 0.25) is 11.8 Å². The molecule has 1 saturated heterocycles. The van der Waals surface area contributed by atoms with Crippen LogP contribution in [0.25, 0.3) is 0 Å². The molecule has 2 atom stereocenters. The Balaban J connectivity index is 1.89. The summed E-state index contributed by atoms with van der Waals surface area (Å²) < 4.78 is 5.32. The molecule has 2 unspecified atom stereocenters. The molecule has 0 saturated carbocycles. The largest absolute Gasteiger partial charge is 0.497 e. The molecule has 1 heterocycles. The highest BCUT2D eigenvalue weighted by Crippen LogP contribution is 2.53. The van der Waals surface area contributed by atoms with Crippen molar-refractivity contribution >= 4 is 35.0 Å². The van der Waals surface area contributed by atoms with E-state index < -0.39 is 5.41 Å². The molecular weight excluding hydrogens is 361 g/mol. The van der Waals surface area contributed by atoms with Crippen molar-refractivity contribution < 1.29 is 14.3 Å². The molecule has 4 rings (SSSR count). The first-order valence-corrected chi connectivity index (χ1v) is 8.68. The number of fused-ring (bicyclic) bond motifs is 2. The van der Waals surface area contributed by atoms with Crippen LogP contribution in [0.4, 0.5) is 0 Å². The summed E-state index contributed by atoms with van der Waals surface area (Å²) in [4.78, 5) is 24.6. The van der Waals surface area contributed by atoms with E-state index in [0.29, 0.717) is 22.2 Å². The van der Waals surface area contributed by atoms with Gasteiger partial charge in [-0.2, -0.15) is 0 Å². The van der Waals surface area contributed by atoms with Gasteiger partial charge < -0.3 is 4.74 Å². The lowest BCUT2D eigenvalue weighted by Gasteiger charge is -2.21. The van der Waals surface area contributed by atoms with Gasteiger partial charge in [0.05, 0.1) is 22.6 Å². The van der Waals surface area contributed by atoms with E-state index >= 15 is 0 Å². The molecule has 4 nitrogen and oxygen atoms in total. The second-order valence-corrected chi connectivity index (χ2v) is 7.33. The van der Waals surface area contributed by atoms with Gasteiger partial charge in [0.25, 0.3) is 0 Å². The predicted molar refractivity (Wildman–Crippen MR) is 95.4 cm³/mol. The summed E-state index contributed by atoms with van der Waals surface area (Å²) in [6, 6.07) is 11.2. The summed E-state index contributed by atoms with van der Waals surface area (Å²) in [6.07, 6.45) is 0.675. The van der Waals surface area contributed by atoms with Crippen LogP contribution in [0.2, 0.25) is 10.0 Å². The summed E-state index contributed by atoms with van der Waals surface area (Å²) >= 11 is 12.2. The Hall–Kier alpha value is -2.04. The van der Waals surface area contributed by atoms with E-state index in [1.807, 2.05) is 30.3 Å². The van der Waals surface area contributed by atoms with E-state index in [-0.39, 0.29) is 24.2 Å². The van der Waals surface area contributed by atoms with Gasteiger partial charge in [0, 0.05) is 12.3 Å². The van der Waals surface area contributed by atoms with Gasteiger partial charge in [-0.25, -0.2) is 0 Å². The minimum absolute atomic E-state index is 0.0349. The fourth-order valence-corrected chi connectivity index (χ4v) is 4.31. The quantitative estimate of drug-likeness (QED) is 0.811. The van der Waals surface area contributed by atoms with Crippen molar-refractivity contribution in [3.8, 4) is 5.75 Å². The zero-order valence-corrected chi connectivity index (χ0v) is 14.9. The topological polar surface area (TPSA) is 55.4 Å². The third-order valence-electron chi connectivity index (χ3n) is 5.20. The Bertz CT molecular complexity index is 912. The highest BCUT2D eigenvalue weighted by Gasteiger charge is 2.54. The third-order valence-corrected chi connectivity index (χ3v) is 5.94. The van der Waals surface area contributed by atoms with Crippen LogP contribution in [0.1, 0.15) is 35.4 Å². The Morgan fingerprint density at radius 3 is 2.56 bits per heavy atom. The molecule has 1 aliphatic carbocycles. The van der Waals surface area contributed by atoms with Gasteiger partial charge in [-0.3, -0.25) is 14.9 Å². The van der Waals surface area contributed by atoms with Crippen LogP contribution in [-0.2, 0) is 15.0 Å². The van der Waals surface area contributed by atoms with Crippen LogP contribution in [0.15, 0.2) is 36.4 Å². The molecule has 0 bridgehead atoms. The molecule has 128 valence electrons. The lowest BCUT2D eigenvalue weighted by atomic mass is 9.79. The summed E-state index contributed by atoms with van der Waals surface area (Å²) in [6.45, 7) is 0. The number of imide groups is 1. The van der Waals surface area contributed by atoms with E-state index in [2.05, 4.69) is 5.32 Å². The number of amides is 2. The van der Waals surface area contributed by atoms with E-state index in [1.165, 1.54) is 0 Å². The normalized spacial score (nSPS) is 24.5. The monoisotopic (exact) mass is 375 g/mol. The lowest BCUT2D eigenvalue weighted by Crippen LogP contribution is -2.33. The summed E-state index contributed by atoms with van der Waals surface area (Å²) in [5.41, 5.74) is 2.00. The van der Waals surface area contributed by atoms with Gasteiger partial charge in [-0.05, 0) is 47.4 Å². The third kappa shape index (κ3) is 2.43. The molecule has 0 aromatic heterocycles. The molecule has 2 aromatic carbocycles. The fraction of sp³-hybridized carbons (Fsp3) is 0.263. The molecule has 25 heavy (non-hydrogen) atoms. The van der Waals surface area contributed by atoms with Gasteiger partial charge in [0.1, 0.15) is 5.75 Å². The smallest absolute Gasteiger partial charge is 0.237 e. The zero-order chi connectivity index (χ0) is 17.8. The molecular formula is C19H15Cl2NO3. The SMILES string of the molecule is COc1ccc2c(c1)C1(CC(=O)NC1=O)CC2c1ccc(Cl)c(Cl)c1. The summed E-state index contributed by atoms with van der Waals surface area (Å²) in [5, 5.41) is 3.42. The number of ether oxygens (including phenoxy) is 1. The highest BCUT2D eigenvalue weighted by atomic mass is 35.5. The van der Waals surface area contributed by atoms with Crippen molar-refractivity contribution in [2.75, 3.05) is 7.11 Å². The first-order valence-electron chi connectivity index (χ1n) is 7.92. The summed E-state index contributed by atoms with van der Waals surface area (Å²) in [7, 11) is 1.58. The van der Waals surface area contributed by atoms with Gasteiger partial charge in [0.15, 0.2) is 0 Å². The first-order chi connectivity index (χ1) is 11.9. The number of nitrogens with one attached hydrogen (secondary N) is 1. The molecule has 2 aromatic rings. The second kappa shape index (κ2) is 5.75. The van der Waals surface area contributed by atoms with E-state index in [4.69, 9.17) is 27.9 Å². The van der Waals surface area contributed by atoms with Gasteiger partial charge in [-0.1, -0.05) is 35.3 Å². The molecule has 0 radical (unpaired) electrons. The molecule has 1 spiro atoms. The van der Waals surface area contributed by atoms with Gasteiger partial charge >= 0.3 is 0 Å². The fourth-order valence-electron chi connectivity index (χ4n) is 4.00. The Labute approximate surface area is 155 Å². The van der Waals surface area contributed by atoms with Crippen LogP contribution in [0, 0.1) is 0 Å². The van der Waals surface area contributed by atoms with Crippen LogP contribution >= 0.6 is 23.2 Å². The summed E-state index contributed by atoms with van der Waals surface area (Å²) in [5.74, 6) is 0.149. The number of rotatable bonds is 2. The maximum absolute atomic E-state index is 12.6. The van der Waals surface area contributed by atoms with Gasteiger partial charge in [-0.15, -0.1) is 0 Å². The maximum atomic E-state index is 12.6. The maximum Gasteiger partial charge on any atom is 0.237 e. The van der Waals surface area contributed by atoms with Crippen LogP contribution in [0.3, 0.4) is 0 Å². The number of hydrogen-bond acceptors (Lipinski definition) is 3. The van der Waals surface area contributed by atoms with Crippen molar-refractivity contribution in [3.63, 3.8) is 0 Å². The van der Waals surface area contributed by atoms with Crippen molar-refractivity contribution in [2.45, 2.75) is 24.2 Å². The lowest BCUT2D eigenvalue weighted by molar-refractivity contribution is -0.126. The van der Waals surface area contributed by atoms with E-state index in [0.717, 1.165) is 16.7 Å². The van der Waals surface area contributed by atoms with Crippen LogP contribution in [0.5, 0.6) is 5.75 Å². The molecule has 1 aliphatic heterocycles. The Kier molecular flexibility index (Phi) is 3.78. The minimum Gasteiger partial charge on any atom is -0.497 e. The van der Waals surface area contributed by atoms with Crippen molar-refractivity contribution in [3.05, 3.63) is 63.1 Å². The van der Waals surface area contributed by atoms with Crippen LogP contribution in [-0.4, -0.2) is 18.9 Å². The average molecular weight is 376 g/mol. The van der Waals surface area contributed by atoms with E-state index in [1.54, 1.807) is 13.2 Å². The molecule has 2 amide bonds. The minimum atomic E-state index is -0.849. The predicted octanol–water partition coefficient (Wildman–Crippen LogP) is 3.82. The molecule has 2 aliphatic rings. The van der Waals surface area contributed by atoms with E-state index in [9.17, 15) is 9.59 Å². The number of methoxy groups -OCH3 is 1. The number of carbonyl (C=O) groups is 2. The molecule has 1 fully saturated rings. The Morgan fingerprint density at radius 1 is 1.12 bits per heavy atom. The highest BCUT2D eigenvalue weighted by molar-refractivity contribution is 6.42. The standard InChI is InChI=1S/C19H15Cl2NO3/c1-25-11-3-4-12-13(10-2-5-15(20)16(21)6-10)8-19(14(12)7-11)9-17(23)22-18(19)24/h2-7,13H,8-9H2,1H3,(H,22,23,24). The van der Waals surface area contributed by atoms with Crippen molar-refractivity contribution in [2.24, 2.45) is 0 Å². The number of hydrogen-bond donors (Lipinski definition) is 1. The zero-order valence-electron chi connectivity index (χ0n) is 13.4. The first kappa shape index (κ1) is 16.4.